The van der Waals surface area contributed by atoms with E-state index in [-0.39, 0.29) is 5.82 Å². The maximum Gasteiger partial charge on any atom is 0.434 e. The topological polar surface area (TPSA) is 96.4 Å². The van der Waals surface area contributed by atoms with Crippen molar-refractivity contribution in [2.75, 3.05) is 7.11 Å². The lowest BCUT2D eigenvalue weighted by Gasteiger charge is -2.12. The van der Waals surface area contributed by atoms with E-state index in [1.165, 1.54) is 17.2 Å². The SMILES string of the molecule is COc1ncnc(C2CC2)c1-n1nc(Cc2ccc(-c3nc(C(F)(F)F)cn3C)cc2)c2ncnc(C)c21. The molecule has 194 valence electrons. The molecule has 0 bridgehead atoms. The maximum absolute atomic E-state index is 13.1. The third-order valence-corrected chi connectivity index (χ3v) is 6.65. The molecule has 1 saturated carbocycles. The molecule has 12 heteroatoms. The number of rotatable bonds is 6. The summed E-state index contributed by atoms with van der Waals surface area (Å²) in [6, 6.07) is 7.24. The van der Waals surface area contributed by atoms with Crippen molar-refractivity contribution < 1.29 is 17.9 Å². The summed E-state index contributed by atoms with van der Waals surface area (Å²) in [6.07, 6.45) is 2.04. The average molecular weight is 521 g/mol. The van der Waals surface area contributed by atoms with Crippen molar-refractivity contribution in [1.82, 2.24) is 39.3 Å². The van der Waals surface area contributed by atoms with Crippen LogP contribution in [-0.2, 0) is 19.6 Å². The van der Waals surface area contributed by atoms with E-state index in [2.05, 4.69) is 24.9 Å². The molecule has 1 aliphatic rings. The highest BCUT2D eigenvalue weighted by atomic mass is 19.4. The van der Waals surface area contributed by atoms with E-state index in [0.29, 0.717) is 35.0 Å². The Balaban J connectivity index is 1.39. The van der Waals surface area contributed by atoms with Gasteiger partial charge in [0.25, 0.3) is 0 Å². The molecular formula is C26H23F3N8O. The highest BCUT2D eigenvalue weighted by Crippen LogP contribution is 2.44. The number of nitrogens with zero attached hydrogens (tertiary/aromatic N) is 8. The molecular weight excluding hydrogens is 497 g/mol. The molecule has 0 unspecified atom stereocenters. The molecule has 1 aliphatic carbocycles. The van der Waals surface area contributed by atoms with Gasteiger partial charge in [0, 0.05) is 31.1 Å². The second kappa shape index (κ2) is 8.89. The summed E-state index contributed by atoms with van der Waals surface area (Å²) in [6.45, 7) is 1.90. The van der Waals surface area contributed by atoms with Gasteiger partial charge in [0.1, 0.15) is 35.2 Å². The van der Waals surface area contributed by atoms with Crippen molar-refractivity contribution >= 4 is 11.0 Å². The van der Waals surface area contributed by atoms with E-state index >= 15 is 0 Å². The summed E-state index contributed by atoms with van der Waals surface area (Å²) >= 11 is 0. The first-order valence-corrected chi connectivity index (χ1v) is 12.0. The number of hydrogen-bond acceptors (Lipinski definition) is 7. The van der Waals surface area contributed by atoms with Crippen molar-refractivity contribution in [1.29, 1.82) is 0 Å². The van der Waals surface area contributed by atoms with E-state index in [1.54, 1.807) is 31.0 Å². The molecule has 0 spiro atoms. The fourth-order valence-electron chi connectivity index (χ4n) is 4.65. The maximum atomic E-state index is 13.1. The number of methoxy groups -OCH3 is 1. The second-order valence-corrected chi connectivity index (χ2v) is 9.34. The number of halogens is 3. The molecule has 0 radical (unpaired) electrons. The van der Waals surface area contributed by atoms with Gasteiger partial charge in [-0.3, -0.25) is 0 Å². The van der Waals surface area contributed by atoms with Crippen LogP contribution in [0.15, 0.2) is 43.1 Å². The minimum absolute atomic E-state index is 0.241. The predicted molar refractivity (Wildman–Crippen MR) is 132 cm³/mol. The fraction of sp³-hybridized carbons (Fsp3) is 0.308. The Morgan fingerprint density at radius 1 is 1.03 bits per heavy atom. The summed E-state index contributed by atoms with van der Waals surface area (Å²) in [5.41, 5.74) is 5.09. The number of benzene rings is 1. The lowest BCUT2D eigenvalue weighted by molar-refractivity contribution is -0.140. The van der Waals surface area contributed by atoms with E-state index in [4.69, 9.17) is 9.84 Å². The summed E-state index contributed by atoms with van der Waals surface area (Å²) in [7, 11) is 3.11. The van der Waals surface area contributed by atoms with Gasteiger partial charge in [0.2, 0.25) is 5.88 Å². The molecule has 0 N–H and O–H groups in total. The number of alkyl halides is 3. The number of aryl methyl sites for hydroxylation is 2. The normalized spacial score (nSPS) is 13.8. The first-order chi connectivity index (χ1) is 18.2. The zero-order chi connectivity index (χ0) is 26.6. The molecule has 4 aromatic heterocycles. The molecule has 0 atom stereocenters. The van der Waals surface area contributed by atoms with Gasteiger partial charge >= 0.3 is 6.18 Å². The number of ether oxygens (including phenoxy) is 1. The van der Waals surface area contributed by atoms with E-state index in [9.17, 15) is 13.2 Å². The summed E-state index contributed by atoms with van der Waals surface area (Å²) in [5.74, 6) is 0.996. The zero-order valence-electron chi connectivity index (χ0n) is 20.9. The van der Waals surface area contributed by atoms with Crippen molar-refractivity contribution in [2.24, 2.45) is 7.05 Å². The molecule has 5 aromatic rings. The third-order valence-electron chi connectivity index (χ3n) is 6.65. The van der Waals surface area contributed by atoms with Crippen LogP contribution in [0.3, 0.4) is 0 Å². The van der Waals surface area contributed by atoms with Gasteiger partial charge in [-0.25, -0.2) is 24.6 Å². The van der Waals surface area contributed by atoms with Gasteiger partial charge in [-0.1, -0.05) is 24.3 Å². The molecule has 0 aliphatic heterocycles. The highest BCUT2D eigenvalue weighted by Gasteiger charge is 2.35. The van der Waals surface area contributed by atoms with Crippen LogP contribution < -0.4 is 4.74 Å². The third kappa shape index (κ3) is 4.15. The van der Waals surface area contributed by atoms with Gasteiger partial charge in [0.15, 0.2) is 5.69 Å². The Kier molecular flexibility index (Phi) is 5.62. The average Bonchev–Trinajstić information content (AvgIpc) is 3.57. The lowest BCUT2D eigenvalue weighted by atomic mass is 10.1. The zero-order valence-corrected chi connectivity index (χ0v) is 20.9. The van der Waals surface area contributed by atoms with Crippen LogP contribution in [-0.4, -0.2) is 46.4 Å². The Morgan fingerprint density at radius 3 is 2.42 bits per heavy atom. The Labute approximate surface area is 215 Å². The van der Waals surface area contributed by atoms with Crippen molar-refractivity contribution in [2.45, 2.75) is 38.3 Å². The van der Waals surface area contributed by atoms with Crippen LogP contribution in [0, 0.1) is 6.92 Å². The molecule has 0 saturated heterocycles. The molecule has 4 heterocycles. The molecule has 1 fully saturated rings. The largest absolute Gasteiger partial charge is 0.479 e. The first-order valence-electron chi connectivity index (χ1n) is 12.0. The smallest absolute Gasteiger partial charge is 0.434 e. The molecule has 38 heavy (non-hydrogen) atoms. The molecule has 1 aromatic carbocycles. The van der Waals surface area contributed by atoms with Crippen LogP contribution >= 0.6 is 0 Å². The van der Waals surface area contributed by atoms with Gasteiger partial charge in [-0.15, -0.1) is 0 Å². The minimum atomic E-state index is -4.50. The van der Waals surface area contributed by atoms with Crippen LogP contribution in [0.2, 0.25) is 0 Å². The Bertz CT molecular complexity index is 1650. The van der Waals surface area contributed by atoms with E-state index in [1.807, 2.05) is 19.1 Å². The monoisotopic (exact) mass is 520 g/mol. The van der Waals surface area contributed by atoms with Gasteiger partial charge in [0.05, 0.1) is 24.2 Å². The van der Waals surface area contributed by atoms with Crippen LogP contribution in [0.5, 0.6) is 5.88 Å². The van der Waals surface area contributed by atoms with Crippen LogP contribution in [0.1, 0.15) is 47.1 Å². The summed E-state index contributed by atoms with van der Waals surface area (Å²) < 4.78 is 48.0. The van der Waals surface area contributed by atoms with Crippen molar-refractivity contribution in [3.8, 4) is 23.0 Å². The van der Waals surface area contributed by atoms with Gasteiger partial charge < -0.3 is 9.30 Å². The minimum Gasteiger partial charge on any atom is -0.479 e. The fourth-order valence-corrected chi connectivity index (χ4v) is 4.65. The highest BCUT2D eigenvalue weighted by molar-refractivity contribution is 5.82. The number of fused-ring (bicyclic) bond motifs is 1. The summed E-state index contributed by atoms with van der Waals surface area (Å²) in [5, 5.41) is 4.93. The second-order valence-electron chi connectivity index (χ2n) is 9.34. The first kappa shape index (κ1) is 24.0. The lowest BCUT2D eigenvalue weighted by Crippen LogP contribution is -2.08. The molecule has 9 nitrogen and oxygen atoms in total. The van der Waals surface area contributed by atoms with E-state index < -0.39 is 11.9 Å². The predicted octanol–water partition coefficient (Wildman–Crippen LogP) is 4.81. The Morgan fingerprint density at radius 2 is 1.76 bits per heavy atom. The van der Waals surface area contributed by atoms with Crippen molar-refractivity contribution in [3.05, 3.63) is 71.5 Å². The number of hydrogen-bond donors (Lipinski definition) is 0. The molecule has 6 rings (SSSR count). The van der Waals surface area contributed by atoms with Crippen LogP contribution in [0.4, 0.5) is 13.2 Å². The summed E-state index contributed by atoms with van der Waals surface area (Å²) in [4.78, 5) is 21.6. The van der Waals surface area contributed by atoms with E-state index in [0.717, 1.165) is 47.2 Å². The number of aromatic nitrogens is 8. The van der Waals surface area contributed by atoms with Gasteiger partial charge in [-0.05, 0) is 25.3 Å². The molecule has 0 amide bonds. The van der Waals surface area contributed by atoms with Crippen molar-refractivity contribution in [3.63, 3.8) is 0 Å². The standard InChI is InChI=1S/C26H23F3N8O/c1-14-22-21(32-12-30-14)18(35-37(22)23-20(16-8-9-16)31-13-33-25(23)38-3)10-15-4-6-17(7-5-15)24-34-19(11-36(24)2)26(27,28)29/h4-7,11-13,16H,8-10H2,1-3H3. The van der Waals surface area contributed by atoms with Crippen LogP contribution in [0.25, 0.3) is 28.1 Å². The van der Waals surface area contributed by atoms with Gasteiger partial charge in [-0.2, -0.15) is 23.3 Å². The Hall–Kier alpha value is -4.35. The number of imidazole rings is 1. The quantitative estimate of drug-likeness (QED) is 0.317.